The summed E-state index contributed by atoms with van der Waals surface area (Å²) < 4.78 is 10.9. The number of hydrogen-bond acceptors (Lipinski definition) is 7. The van der Waals surface area contributed by atoms with Gasteiger partial charge in [-0.15, -0.1) is 10.2 Å². The number of aromatic nitrogens is 5. The van der Waals surface area contributed by atoms with Gasteiger partial charge in [-0.05, 0) is 24.3 Å². The zero-order valence-corrected chi connectivity index (χ0v) is 12.2. The van der Waals surface area contributed by atoms with E-state index in [0.29, 0.717) is 23.5 Å². The highest BCUT2D eigenvalue weighted by molar-refractivity contribution is 5.75. The van der Waals surface area contributed by atoms with Crippen molar-refractivity contribution >= 4 is 0 Å². The lowest BCUT2D eigenvalue weighted by Gasteiger charge is -2.00. The molecule has 23 heavy (non-hydrogen) atoms. The highest BCUT2D eigenvalue weighted by Gasteiger charge is 2.17. The standard InChI is InChI=1S/C16H11N5O2/c1-10-19-20-16(22-10)13-5-3-2-4-12(13)15-18-14(21-23-15)11-6-8-17-9-7-11/h2-9H,1H3. The molecule has 0 fully saturated rings. The lowest BCUT2D eigenvalue weighted by atomic mass is 10.1. The van der Waals surface area contributed by atoms with E-state index in [4.69, 9.17) is 8.94 Å². The molecule has 0 aliphatic heterocycles. The molecule has 0 unspecified atom stereocenters. The Labute approximate surface area is 131 Å². The molecule has 3 heterocycles. The third-order valence-electron chi connectivity index (χ3n) is 3.28. The van der Waals surface area contributed by atoms with Crippen LogP contribution in [0.15, 0.2) is 57.7 Å². The van der Waals surface area contributed by atoms with Crippen LogP contribution in [0, 0.1) is 6.92 Å². The SMILES string of the molecule is Cc1nnc(-c2ccccc2-c2nc(-c3ccncc3)no2)o1. The summed E-state index contributed by atoms with van der Waals surface area (Å²) >= 11 is 0. The molecule has 0 radical (unpaired) electrons. The maximum atomic E-state index is 5.50. The van der Waals surface area contributed by atoms with Crippen molar-refractivity contribution in [1.82, 2.24) is 25.3 Å². The molecule has 0 atom stereocenters. The summed E-state index contributed by atoms with van der Waals surface area (Å²) in [5, 5.41) is 11.9. The van der Waals surface area contributed by atoms with Crippen LogP contribution in [0.5, 0.6) is 0 Å². The summed E-state index contributed by atoms with van der Waals surface area (Å²) in [7, 11) is 0. The number of nitrogens with zero attached hydrogens (tertiary/aromatic N) is 5. The van der Waals surface area contributed by atoms with Crippen LogP contribution >= 0.6 is 0 Å². The molecule has 4 rings (SSSR count). The van der Waals surface area contributed by atoms with Gasteiger partial charge in [0.05, 0.1) is 11.1 Å². The number of benzene rings is 1. The minimum atomic E-state index is 0.392. The Morgan fingerprint density at radius 2 is 1.61 bits per heavy atom. The minimum Gasteiger partial charge on any atom is -0.421 e. The second kappa shape index (κ2) is 5.45. The number of aryl methyl sites for hydroxylation is 1. The van der Waals surface area contributed by atoms with Crippen LogP contribution in [0.1, 0.15) is 5.89 Å². The van der Waals surface area contributed by atoms with Gasteiger partial charge in [-0.25, -0.2) is 0 Å². The number of pyridine rings is 1. The van der Waals surface area contributed by atoms with Crippen LogP contribution < -0.4 is 0 Å². The van der Waals surface area contributed by atoms with Crippen LogP contribution in [-0.2, 0) is 0 Å². The lowest BCUT2D eigenvalue weighted by Crippen LogP contribution is -1.86. The van der Waals surface area contributed by atoms with E-state index in [1.54, 1.807) is 19.3 Å². The second-order valence-electron chi connectivity index (χ2n) is 4.83. The third kappa shape index (κ3) is 2.48. The summed E-state index contributed by atoms with van der Waals surface area (Å²) in [6.45, 7) is 1.74. The Balaban J connectivity index is 1.79. The predicted molar refractivity (Wildman–Crippen MR) is 81.0 cm³/mol. The molecule has 0 aliphatic carbocycles. The first-order valence-corrected chi connectivity index (χ1v) is 6.95. The van der Waals surface area contributed by atoms with Crippen LogP contribution in [0.3, 0.4) is 0 Å². The highest BCUT2D eigenvalue weighted by atomic mass is 16.5. The molecule has 0 bridgehead atoms. The lowest BCUT2D eigenvalue weighted by molar-refractivity contribution is 0.432. The number of hydrogen-bond donors (Lipinski definition) is 0. The average Bonchev–Trinajstić information content (AvgIpc) is 3.25. The molecule has 4 aromatic rings. The fourth-order valence-electron chi connectivity index (χ4n) is 2.21. The van der Waals surface area contributed by atoms with Crippen molar-refractivity contribution in [3.8, 4) is 34.3 Å². The Hall–Kier alpha value is -3.35. The predicted octanol–water partition coefficient (Wildman–Crippen LogP) is 3.16. The van der Waals surface area contributed by atoms with E-state index < -0.39 is 0 Å². The van der Waals surface area contributed by atoms with Crippen molar-refractivity contribution in [2.24, 2.45) is 0 Å². The molecular weight excluding hydrogens is 294 g/mol. The molecule has 0 spiro atoms. The molecule has 7 heteroatoms. The van der Waals surface area contributed by atoms with Crippen molar-refractivity contribution in [3.05, 3.63) is 54.7 Å². The molecule has 7 nitrogen and oxygen atoms in total. The maximum absolute atomic E-state index is 5.50. The Bertz CT molecular complexity index is 946. The Morgan fingerprint density at radius 1 is 0.870 bits per heavy atom. The quantitative estimate of drug-likeness (QED) is 0.574. The summed E-state index contributed by atoms with van der Waals surface area (Å²) in [4.78, 5) is 8.43. The highest BCUT2D eigenvalue weighted by Crippen LogP contribution is 2.31. The Morgan fingerprint density at radius 3 is 2.30 bits per heavy atom. The van der Waals surface area contributed by atoms with Crippen molar-refractivity contribution < 1.29 is 8.94 Å². The minimum absolute atomic E-state index is 0.392. The van der Waals surface area contributed by atoms with Gasteiger partial charge in [-0.1, -0.05) is 17.3 Å². The average molecular weight is 305 g/mol. The van der Waals surface area contributed by atoms with Crippen molar-refractivity contribution in [2.75, 3.05) is 0 Å². The third-order valence-corrected chi connectivity index (χ3v) is 3.28. The zero-order valence-electron chi connectivity index (χ0n) is 12.2. The van der Waals surface area contributed by atoms with Gasteiger partial charge in [0.25, 0.3) is 5.89 Å². The monoisotopic (exact) mass is 305 g/mol. The van der Waals surface area contributed by atoms with Crippen LogP contribution in [0.2, 0.25) is 0 Å². The van der Waals surface area contributed by atoms with Crippen LogP contribution in [0.25, 0.3) is 34.3 Å². The normalized spacial score (nSPS) is 10.8. The first kappa shape index (κ1) is 13.3. The molecule has 0 aliphatic rings. The van der Waals surface area contributed by atoms with Crippen molar-refractivity contribution in [3.63, 3.8) is 0 Å². The van der Waals surface area contributed by atoms with Crippen molar-refractivity contribution in [2.45, 2.75) is 6.92 Å². The van der Waals surface area contributed by atoms with E-state index in [1.807, 2.05) is 36.4 Å². The van der Waals surface area contributed by atoms with Gasteiger partial charge in [0.2, 0.25) is 17.6 Å². The van der Waals surface area contributed by atoms with E-state index in [-0.39, 0.29) is 0 Å². The second-order valence-corrected chi connectivity index (χ2v) is 4.83. The molecular formula is C16H11N5O2. The molecule has 0 saturated heterocycles. The zero-order chi connectivity index (χ0) is 15.6. The first-order chi connectivity index (χ1) is 11.3. The fourth-order valence-corrected chi connectivity index (χ4v) is 2.21. The van der Waals surface area contributed by atoms with E-state index in [0.717, 1.165) is 16.7 Å². The maximum Gasteiger partial charge on any atom is 0.259 e. The van der Waals surface area contributed by atoms with E-state index in [1.165, 1.54) is 0 Å². The molecule has 112 valence electrons. The fraction of sp³-hybridized carbons (Fsp3) is 0.0625. The van der Waals surface area contributed by atoms with Gasteiger partial charge in [-0.2, -0.15) is 4.98 Å². The van der Waals surface area contributed by atoms with Crippen LogP contribution in [0.4, 0.5) is 0 Å². The van der Waals surface area contributed by atoms with E-state index >= 15 is 0 Å². The molecule has 0 N–H and O–H groups in total. The molecule has 0 amide bonds. The smallest absolute Gasteiger partial charge is 0.259 e. The summed E-state index contributed by atoms with van der Waals surface area (Å²) in [6, 6.07) is 11.2. The topological polar surface area (TPSA) is 90.7 Å². The van der Waals surface area contributed by atoms with Gasteiger partial charge >= 0.3 is 0 Å². The van der Waals surface area contributed by atoms with E-state index in [9.17, 15) is 0 Å². The first-order valence-electron chi connectivity index (χ1n) is 6.95. The van der Waals surface area contributed by atoms with Gasteiger partial charge in [0, 0.05) is 24.9 Å². The summed E-state index contributed by atoms with van der Waals surface area (Å²) in [6.07, 6.45) is 3.36. The van der Waals surface area contributed by atoms with Gasteiger partial charge in [0.15, 0.2) is 0 Å². The summed E-state index contributed by atoms with van der Waals surface area (Å²) in [5.41, 5.74) is 2.32. The van der Waals surface area contributed by atoms with Gasteiger partial charge in [0.1, 0.15) is 0 Å². The largest absolute Gasteiger partial charge is 0.421 e. The summed E-state index contributed by atoms with van der Waals surface area (Å²) in [5.74, 6) is 1.81. The van der Waals surface area contributed by atoms with Gasteiger partial charge in [-0.3, -0.25) is 4.98 Å². The van der Waals surface area contributed by atoms with Crippen LogP contribution in [-0.4, -0.2) is 25.3 Å². The molecule has 3 aromatic heterocycles. The molecule has 0 saturated carbocycles. The van der Waals surface area contributed by atoms with Crippen molar-refractivity contribution in [1.29, 1.82) is 0 Å². The molecule has 1 aromatic carbocycles. The van der Waals surface area contributed by atoms with Gasteiger partial charge < -0.3 is 8.94 Å². The van der Waals surface area contributed by atoms with E-state index in [2.05, 4.69) is 25.3 Å². The Kier molecular flexibility index (Phi) is 3.16. The number of rotatable bonds is 3.